The van der Waals surface area contributed by atoms with Crippen LogP contribution < -0.4 is 5.32 Å². The number of halogens is 5. The number of H-pyrrole nitrogens is 1. The molecular formula is C28H27ClF4N6O2. The molecule has 0 spiro atoms. The van der Waals surface area contributed by atoms with Crippen molar-refractivity contribution in [3.63, 3.8) is 0 Å². The molecule has 13 heteroatoms. The Morgan fingerprint density at radius 1 is 1.15 bits per heavy atom. The molecule has 2 aliphatic rings. The molecule has 0 saturated heterocycles. The van der Waals surface area contributed by atoms with Gasteiger partial charge in [-0.1, -0.05) is 31.5 Å². The first kappa shape index (κ1) is 28.7. The normalized spacial score (nSPS) is 16.0. The maximum Gasteiger partial charge on any atom is 0.419 e. The maximum absolute atomic E-state index is 14.5. The molecule has 216 valence electrons. The number of aromatic nitrogens is 3. The fraction of sp³-hybridized carbons (Fsp3) is 0.357. The Bertz CT molecular complexity index is 1550. The van der Waals surface area contributed by atoms with E-state index in [4.69, 9.17) is 11.6 Å². The summed E-state index contributed by atoms with van der Waals surface area (Å²) in [7, 11) is 0. The van der Waals surface area contributed by atoms with Gasteiger partial charge in [0.2, 0.25) is 0 Å². The van der Waals surface area contributed by atoms with Crippen molar-refractivity contribution in [3.05, 3.63) is 74.7 Å². The molecule has 4 heterocycles. The zero-order valence-electron chi connectivity index (χ0n) is 22.3. The number of carbonyl (C=O) groups is 2. The average Bonchev–Trinajstić information content (AvgIpc) is 3.46. The van der Waals surface area contributed by atoms with Crippen molar-refractivity contribution in [2.24, 2.45) is 0 Å². The van der Waals surface area contributed by atoms with Gasteiger partial charge in [-0.15, -0.1) is 0 Å². The number of nitrogens with one attached hydrogen (secondary N) is 2. The van der Waals surface area contributed by atoms with Crippen LogP contribution in [0.2, 0.25) is 5.02 Å². The van der Waals surface area contributed by atoms with Gasteiger partial charge in [0, 0.05) is 38.2 Å². The van der Waals surface area contributed by atoms with E-state index in [9.17, 15) is 27.2 Å². The molecule has 3 aromatic rings. The lowest BCUT2D eigenvalue weighted by Gasteiger charge is -2.30. The van der Waals surface area contributed by atoms with E-state index in [1.54, 1.807) is 0 Å². The van der Waals surface area contributed by atoms with E-state index in [0.29, 0.717) is 24.3 Å². The summed E-state index contributed by atoms with van der Waals surface area (Å²) in [5.41, 5.74) is -0.675. The number of hydrogen-bond acceptors (Lipinski definition) is 5. The fourth-order valence-electron chi connectivity index (χ4n) is 5.27. The molecule has 0 atom stereocenters. The molecule has 0 bridgehead atoms. The molecule has 1 aromatic carbocycles. The molecule has 2 aliphatic heterocycles. The molecule has 5 rings (SSSR count). The number of hydrogen-bond donors (Lipinski definition) is 2. The van der Waals surface area contributed by atoms with Gasteiger partial charge in [-0.05, 0) is 36.9 Å². The summed E-state index contributed by atoms with van der Waals surface area (Å²) in [6.07, 6.45) is -2.21. The van der Waals surface area contributed by atoms with Crippen LogP contribution in [0.15, 0.2) is 24.5 Å². The fourth-order valence-corrected chi connectivity index (χ4v) is 5.47. The number of anilines is 1. The van der Waals surface area contributed by atoms with Gasteiger partial charge in [-0.3, -0.25) is 9.59 Å². The van der Waals surface area contributed by atoms with Crippen LogP contribution in [0.3, 0.4) is 0 Å². The summed E-state index contributed by atoms with van der Waals surface area (Å²) >= 11 is 5.91. The lowest BCUT2D eigenvalue weighted by Crippen LogP contribution is -2.43. The van der Waals surface area contributed by atoms with Crippen LogP contribution >= 0.6 is 11.6 Å². The second-order valence-corrected chi connectivity index (χ2v) is 10.2. The number of rotatable bonds is 8. The van der Waals surface area contributed by atoms with E-state index in [-0.39, 0.29) is 52.8 Å². The summed E-state index contributed by atoms with van der Waals surface area (Å²) in [4.78, 5) is 40.9. The van der Waals surface area contributed by atoms with Crippen molar-refractivity contribution in [1.29, 1.82) is 0 Å². The summed E-state index contributed by atoms with van der Waals surface area (Å²) in [6, 6.07) is 4.11. The molecule has 0 aliphatic carbocycles. The first-order chi connectivity index (χ1) is 19.5. The Morgan fingerprint density at radius 2 is 1.90 bits per heavy atom. The molecule has 0 saturated carbocycles. The Morgan fingerprint density at radius 3 is 2.59 bits per heavy atom. The molecule has 0 fully saturated rings. The van der Waals surface area contributed by atoms with Crippen LogP contribution in [-0.4, -0.2) is 69.3 Å². The van der Waals surface area contributed by atoms with Crippen molar-refractivity contribution in [2.75, 3.05) is 38.0 Å². The highest BCUT2D eigenvalue weighted by Gasteiger charge is 2.44. The minimum Gasteiger partial charge on any atom is -0.358 e. The summed E-state index contributed by atoms with van der Waals surface area (Å²) < 4.78 is 57.2. The number of benzene rings is 1. The first-order valence-electron chi connectivity index (χ1n) is 13.2. The predicted molar refractivity (Wildman–Crippen MR) is 146 cm³/mol. The second-order valence-electron chi connectivity index (χ2n) is 9.82. The maximum atomic E-state index is 14.5. The smallest absolute Gasteiger partial charge is 0.358 e. The van der Waals surface area contributed by atoms with E-state index < -0.39 is 34.9 Å². The highest BCUT2D eigenvalue weighted by atomic mass is 35.5. The van der Waals surface area contributed by atoms with Crippen molar-refractivity contribution < 1.29 is 27.2 Å². The quantitative estimate of drug-likeness (QED) is 0.283. The Kier molecular flexibility index (Phi) is 7.89. The molecular weight excluding hydrogens is 564 g/mol. The molecule has 41 heavy (non-hydrogen) atoms. The topological polar surface area (TPSA) is 94.2 Å². The van der Waals surface area contributed by atoms with Crippen LogP contribution in [-0.2, 0) is 23.8 Å². The van der Waals surface area contributed by atoms with Crippen LogP contribution in [0, 0.1) is 5.82 Å². The van der Waals surface area contributed by atoms with Crippen molar-refractivity contribution >= 4 is 40.9 Å². The van der Waals surface area contributed by atoms with Gasteiger partial charge in [0.05, 0.1) is 38.7 Å². The second kappa shape index (κ2) is 11.2. The highest BCUT2D eigenvalue weighted by Crippen LogP contribution is 2.41. The monoisotopic (exact) mass is 590 g/mol. The molecule has 2 aromatic heterocycles. The summed E-state index contributed by atoms with van der Waals surface area (Å²) in [5, 5.41) is 2.47. The van der Waals surface area contributed by atoms with E-state index >= 15 is 0 Å². The number of nitrogens with zero attached hydrogens (tertiary/aromatic N) is 4. The van der Waals surface area contributed by atoms with Crippen LogP contribution in [0.25, 0.3) is 11.6 Å². The van der Waals surface area contributed by atoms with Gasteiger partial charge in [0.1, 0.15) is 18.0 Å². The number of aromatic amines is 1. The summed E-state index contributed by atoms with van der Waals surface area (Å²) in [6.45, 7) is 6.64. The molecule has 2 amide bonds. The third kappa shape index (κ3) is 5.58. The minimum atomic E-state index is -4.87. The average molecular weight is 591 g/mol. The van der Waals surface area contributed by atoms with Crippen molar-refractivity contribution in [3.8, 4) is 0 Å². The largest absolute Gasteiger partial charge is 0.419 e. The van der Waals surface area contributed by atoms with Crippen LogP contribution in [0.4, 0.5) is 23.4 Å². The zero-order valence-corrected chi connectivity index (χ0v) is 23.1. The highest BCUT2D eigenvalue weighted by molar-refractivity contribution is 6.34. The molecule has 0 radical (unpaired) electrons. The van der Waals surface area contributed by atoms with Gasteiger partial charge < -0.3 is 20.1 Å². The number of amides is 2. The third-order valence-corrected chi connectivity index (χ3v) is 7.71. The van der Waals surface area contributed by atoms with E-state index in [0.717, 1.165) is 19.2 Å². The standard InChI is InChI=1S/C28H27ClF4N6O2/c1-3-38(4-2)9-10-39-8-7-19-23(27(39)41)24(28(31,32)33)21(36-19)13-16-22-20(34-14-35-25(22)37-26(16)40)12-15-5-6-18(30)17(29)11-15/h5-6,11,13-14,36H,3-4,7-10,12H2,1-2H3,(H,34,35,37,40)/b16-13-. The van der Waals surface area contributed by atoms with Crippen LogP contribution in [0.1, 0.15) is 58.0 Å². The van der Waals surface area contributed by atoms with E-state index in [2.05, 4.69) is 25.2 Å². The Balaban J connectivity index is 1.55. The first-order valence-corrected chi connectivity index (χ1v) is 13.5. The van der Waals surface area contributed by atoms with Gasteiger partial charge in [-0.25, -0.2) is 14.4 Å². The predicted octanol–water partition coefficient (Wildman–Crippen LogP) is 5.04. The summed E-state index contributed by atoms with van der Waals surface area (Å²) in [5.74, 6) is -1.81. The Hall–Kier alpha value is -3.77. The molecule has 2 N–H and O–H groups in total. The number of carbonyl (C=O) groups excluding carboxylic acids is 2. The van der Waals surface area contributed by atoms with Crippen molar-refractivity contribution in [2.45, 2.75) is 32.9 Å². The number of likely N-dealkylation sites (N-methyl/N-ethyl adjacent to an activating group) is 1. The zero-order chi connectivity index (χ0) is 29.5. The Labute approximate surface area is 238 Å². The van der Waals surface area contributed by atoms with Gasteiger partial charge in [0.15, 0.2) is 0 Å². The van der Waals surface area contributed by atoms with Crippen molar-refractivity contribution in [1.82, 2.24) is 24.8 Å². The lowest BCUT2D eigenvalue weighted by molar-refractivity contribution is -0.138. The lowest BCUT2D eigenvalue weighted by atomic mass is 9.98. The van der Waals surface area contributed by atoms with E-state index in [1.807, 2.05) is 13.8 Å². The minimum absolute atomic E-state index is 0.0845. The third-order valence-electron chi connectivity index (χ3n) is 7.42. The van der Waals surface area contributed by atoms with Crippen LogP contribution in [0.5, 0.6) is 0 Å². The number of alkyl halides is 3. The molecule has 0 unspecified atom stereocenters. The van der Waals surface area contributed by atoms with E-state index in [1.165, 1.54) is 29.4 Å². The van der Waals surface area contributed by atoms with Gasteiger partial charge in [-0.2, -0.15) is 13.2 Å². The number of fused-ring (bicyclic) bond motifs is 2. The van der Waals surface area contributed by atoms with Gasteiger partial charge in [0.25, 0.3) is 11.8 Å². The van der Waals surface area contributed by atoms with Gasteiger partial charge >= 0.3 is 6.18 Å². The SMILES string of the molecule is CCN(CC)CCN1CCc2[nH]c(/C=C3\C(=O)Nc4ncnc(Cc5ccc(F)c(Cl)c5)c43)c(C(F)(F)F)c2C1=O. The molecule has 8 nitrogen and oxygen atoms in total.